The van der Waals surface area contributed by atoms with Gasteiger partial charge in [0, 0.05) is 35.5 Å². The highest BCUT2D eigenvalue weighted by Crippen LogP contribution is 2.18. The van der Waals surface area contributed by atoms with Crippen LogP contribution in [0.5, 0.6) is 0 Å². The van der Waals surface area contributed by atoms with Crippen LogP contribution in [0, 0.1) is 11.3 Å². The number of hydrogen-bond donors (Lipinski definition) is 3. The second-order valence-corrected chi connectivity index (χ2v) is 6.61. The molecule has 0 atom stereocenters. The van der Waals surface area contributed by atoms with E-state index in [0.29, 0.717) is 16.8 Å². The second-order valence-electron chi connectivity index (χ2n) is 6.61. The van der Waals surface area contributed by atoms with Crippen LogP contribution in [0.3, 0.4) is 0 Å². The summed E-state index contributed by atoms with van der Waals surface area (Å²) in [5.41, 5.74) is 4.05. The van der Waals surface area contributed by atoms with Crippen LogP contribution in [0.25, 0.3) is 10.9 Å². The number of rotatable bonds is 6. The summed E-state index contributed by atoms with van der Waals surface area (Å²) in [6.07, 6.45) is 4.45. The minimum absolute atomic E-state index is 0.243. The molecule has 0 aliphatic carbocycles. The number of hydrogen-bond acceptors (Lipinski definition) is 4. The van der Waals surface area contributed by atoms with Gasteiger partial charge in [-0.15, -0.1) is 0 Å². The second kappa shape index (κ2) is 8.28. The maximum absolute atomic E-state index is 12.3. The molecule has 6 heteroatoms. The van der Waals surface area contributed by atoms with E-state index in [4.69, 9.17) is 5.26 Å². The zero-order valence-electron chi connectivity index (χ0n) is 15.6. The average Bonchev–Trinajstić information content (AvgIpc) is 3.18. The van der Waals surface area contributed by atoms with Gasteiger partial charge in [0.1, 0.15) is 5.82 Å². The molecule has 0 saturated heterocycles. The van der Waals surface area contributed by atoms with E-state index in [2.05, 4.69) is 32.7 Å². The number of para-hydroxylation sites is 1. The summed E-state index contributed by atoms with van der Waals surface area (Å²) in [5.74, 6) is 0.479. The van der Waals surface area contributed by atoms with Crippen molar-refractivity contribution >= 4 is 28.3 Å². The smallest absolute Gasteiger partial charge is 0.257 e. The van der Waals surface area contributed by atoms with Crippen LogP contribution in [0.1, 0.15) is 21.5 Å². The lowest BCUT2D eigenvalue weighted by atomic mass is 10.1. The highest BCUT2D eigenvalue weighted by atomic mass is 16.1. The molecule has 3 N–H and O–H groups in total. The number of carbonyl (C=O) groups excluding carboxylic acids is 1. The van der Waals surface area contributed by atoms with Crippen molar-refractivity contribution in [3.05, 3.63) is 89.7 Å². The fourth-order valence-electron chi connectivity index (χ4n) is 3.13. The van der Waals surface area contributed by atoms with Crippen LogP contribution in [-0.4, -0.2) is 22.4 Å². The number of nitrogens with zero attached hydrogens (tertiary/aromatic N) is 2. The molecule has 142 valence electrons. The van der Waals surface area contributed by atoms with E-state index in [1.54, 1.807) is 42.6 Å². The minimum Gasteiger partial charge on any atom is -0.370 e. The van der Waals surface area contributed by atoms with Gasteiger partial charge in [0.25, 0.3) is 5.91 Å². The van der Waals surface area contributed by atoms with Gasteiger partial charge in [-0.25, -0.2) is 4.98 Å². The Morgan fingerprint density at radius 3 is 2.66 bits per heavy atom. The van der Waals surface area contributed by atoms with Gasteiger partial charge in [-0.1, -0.05) is 18.2 Å². The number of H-pyrrole nitrogens is 1. The highest BCUT2D eigenvalue weighted by molar-refractivity contribution is 6.04. The van der Waals surface area contributed by atoms with E-state index in [-0.39, 0.29) is 5.91 Å². The van der Waals surface area contributed by atoms with E-state index in [1.807, 2.05) is 24.4 Å². The third-order valence-electron chi connectivity index (χ3n) is 4.67. The number of amides is 1. The average molecular weight is 381 g/mol. The third kappa shape index (κ3) is 4.25. The lowest BCUT2D eigenvalue weighted by Gasteiger charge is -2.07. The van der Waals surface area contributed by atoms with Gasteiger partial charge in [-0.2, -0.15) is 5.26 Å². The van der Waals surface area contributed by atoms with Gasteiger partial charge < -0.3 is 15.6 Å². The van der Waals surface area contributed by atoms with Crippen LogP contribution in [0.15, 0.2) is 73.1 Å². The van der Waals surface area contributed by atoms with E-state index >= 15 is 0 Å². The van der Waals surface area contributed by atoms with Crippen molar-refractivity contribution < 1.29 is 4.79 Å². The van der Waals surface area contributed by atoms with Gasteiger partial charge in [-0.05, 0) is 54.4 Å². The molecule has 0 spiro atoms. The van der Waals surface area contributed by atoms with Crippen LogP contribution in [-0.2, 0) is 6.42 Å². The summed E-state index contributed by atoms with van der Waals surface area (Å²) >= 11 is 0. The first kappa shape index (κ1) is 18.3. The Balaban J connectivity index is 1.32. The highest BCUT2D eigenvalue weighted by Gasteiger charge is 2.07. The molecule has 4 rings (SSSR count). The Kier molecular flexibility index (Phi) is 5.21. The van der Waals surface area contributed by atoms with Crippen LogP contribution in [0.4, 0.5) is 11.5 Å². The van der Waals surface area contributed by atoms with Gasteiger partial charge >= 0.3 is 0 Å². The molecule has 2 heterocycles. The van der Waals surface area contributed by atoms with E-state index in [0.717, 1.165) is 24.3 Å². The molecular formula is C23H19N5O. The molecule has 0 saturated carbocycles. The molecule has 0 unspecified atom stereocenters. The molecule has 0 bridgehead atoms. The molecule has 0 radical (unpaired) electrons. The van der Waals surface area contributed by atoms with Crippen molar-refractivity contribution in [2.75, 3.05) is 17.2 Å². The molecule has 29 heavy (non-hydrogen) atoms. The third-order valence-corrected chi connectivity index (χ3v) is 4.67. The summed E-state index contributed by atoms with van der Waals surface area (Å²) in [4.78, 5) is 19.9. The molecule has 6 nitrogen and oxygen atoms in total. The fourth-order valence-corrected chi connectivity index (χ4v) is 3.13. The quantitative estimate of drug-likeness (QED) is 0.463. The van der Waals surface area contributed by atoms with E-state index < -0.39 is 0 Å². The number of anilines is 2. The van der Waals surface area contributed by atoms with Crippen molar-refractivity contribution in [3.63, 3.8) is 0 Å². The zero-order chi connectivity index (χ0) is 20.1. The maximum atomic E-state index is 12.3. The number of nitrogens with one attached hydrogen (secondary N) is 3. The number of fused-ring (bicyclic) bond motifs is 1. The van der Waals surface area contributed by atoms with Gasteiger partial charge in [0.2, 0.25) is 0 Å². The summed E-state index contributed by atoms with van der Waals surface area (Å²) in [5, 5.41) is 16.1. The lowest BCUT2D eigenvalue weighted by molar-refractivity contribution is 0.102. The predicted molar refractivity (Wildman–Crippen MR) is 114 cm³/mol. The number of pyridine rings is 1. The first-order valence-electron chi connectivity index (χ1n) is 9.29. The van der Waals surface area contributed by atoms with Crippen LogP contribution in [0.2, 0.25) is 0 Å². The Labute approximate surface area is 168 Å². The van der Waals surface area contributed by atoms with Crippen molar-refractivity contribution in [2.45, 2.75) is 6.42 Å². The van der Waals surface area contributed by atoms with Crippen LogP contribution < -0.4 is 10.6 Å². The first-order valence-corrected chi connectivity index (χ1v) is 9.29. The fraction of sp³-hybridized carbons (Fsp3) is 0.0870. The number of aromatic nitrogens is 2. The number of nitriles is 1. The molecular weight excluding hydrogens is 362 g/mol. The number of carbonyl (C=O) groups is 1. The molecule has 0 aliphatic heterocycles. The van der Waals surface area contributed by atoms with E-state index in [9.17, 15) is 4.79 Å². The molecule has 2 aromatic carbocycles. The molecule has 2 aromatic heterocycles. The maximum Gasteiger partial charge on any atom is 0.257 e. The van der Waals surface area contributed by atoms with Gasteiger partial charge in [0.05, 0.1) is 17.2 Å². The Morgan fingerprint density at radius 1 is 1.07 bits per heavy atom. The molecule has 0 aliphatic rings. The van der Waals surface area contributed by atoms with Crippen LogP contribution >= 0.6 is 0 Å². The molecule has 4 aromatic rings. The van der Waals surface area contributed by atoms with Crippen molar-refractivity contribution in [1.29, 1.82) is 5.26 Å². The lowest BCUT2D eigenvalue weighted by Crippen LogP contribution is -2.13. The SMILES string of the molecule is N#Cc1ccc(NC(=O)c2ccc(NCCc3c[nH]c4ccccc34)nc2)cc1. The van der Waals surface area contributed by atoms with Gasteiger partial charge in [0.15, 0.2) is 0 Å². The number of aromatic amines is 1. The zero-order valence-corrected chi connectivity index (χ0v) is 15.6. The summed E-state index contributed by atoms with van der Waals surface area (Å²) < 4.78 is 0. The van der Waals surface area contributed by atoms with Crippen molar-refractivity contribution in [2.24, 2.45) is 0 Å². The Bertz CT molecular complexity index is 1170. The normalized spacial score (nSPS) is 10.4. The minimum atomic E-state index is -0.243. The molecule has 1 amide bonds. The topological polar surface area (TPSA) is 93.6 Å². The summed E-state index contributed by atoms with van der Waals surface area (Å²) in [6.45, 7) is 0.742. The van der Waals surface area contributed by atoms with E-state index in [1.165, 1.54) is 10.9 Å². The summed E-state index contributed by atoms with van der Waals surface area (Å²) in [6, 6.07) is 20.5. The monoisotopic (exact) mass is 381 g/mol. The predicted octanol–water partition coefficient (Wildman–Crippen LogP) is 4.34. The van der Waals surface area contributed by atoms with Crippen molar-refractivity contribution in [3.8, 4) is 6.07 Å². The van der Waals surface area contributed by atoms with Crippen molar-refractivity contribution in [1.82, 2.24) is 9.97 Å². The summed E-state index contributed by atoms with van der Waals surface area (Å²) in [7, 11) is 0. The Hall–Kier alpha value is -4.11. The van der Waals surface area contributed by atoms with Gasteiger partial charge in [-0.3, -0.25) is 4.79 Å². The first-order chi connectivity index (χ1) is 14.2. The largest absolute Gasteiger partial charge is 0.370 e. The standard InChI is InChI=1S/C23H19N5O/c24-13-16-5-8-19(9-6-16)28-23(29)18-7-10-22(27-15-18)25-12-11-17-14-26-21-4-2-1-3-20(17)21/h1-10,14-15,26H,11-12H2,(H,25,27)(H,28,29). The number of benzene rings is 2. The Morgan fingerprint density at radius 2 is 1.90 bits per heavy atom. The molecule has 0 fully saturated rings.